The molecule has 1 saturated heterocycles. The molecule has 2 aromatic rings. The van der Waals surface area contributed by atoms with E-state index >= 15 is 0 Å². The van der Waals surface area contributed by atoms with E-state index in [1.54, 1.807) is 0 Å². The molecule has 2 aromatic heterocycles. The molecule has 3 rings (SSSR count). The van der Waals surface area contributed by atoms with Crippen molar-refractivity contribution in [3.63, 3.8) is 0 Å². The Morgan fingerprint density at radius 1 is 1.28 bits per heavy atom. The number of nitrogens with zero attached hydrogens (tertiary/aromatic N) is 4. The summed E-state index contributed by atoms with van der Waals surface area (Å²) < 4.78 is 0. The van der Waals surface area contributed by atoms with Crippen LogP contribution >= 0.6 is 11.3 Å². The van der Waals surface area contributed by atoms with Crippen molar-refractivity contribution in [1.29, 1.82) is 0 Å². The zero-order chi connectivity index (χ0) is 18.0. The molecule has 25 heavy (non-hydrogen) atoms. The lowest BCUT2D eigenvalue weighted by molar-refractivity contribution is 0.0948. The van der Waals surface area contributed by atoms with E-state index in [2.05, 4.69) is 25.2 Å². The molecule has 0 aliphatic carbocycles. The van der Waals surface area contributed by atoms with E-state index in [1.807, 2.05) is 26.8 Å². The predicted molar refractivity (Wildman–Crippen MR) is 100 cm³/mol. The van der Waals surface area contributed by atoms with E-state index in [4.69, 9.17) is 5.73 Å². The quantitative estimate of drug-likeness (QED) is 0.866. The van der Waals surface area contributed by atoms with Crippen molar-refractivity contribution >= 4 is 29.0 Å². The second-order valence-corrected chi connectivity index (χ2v) is 7.72. The van der Waals surface area contributed by atoms with Gasteiger partial charge < -0.3 is 16.0 Å². The molecule has 0 radical (unpaired) electrons. The number of carbonyl (C=O) groups excluding carboxylic acids is 1. The Hall–Kier alpha value is -2.22. The van der Waals surface area contributed by atoms with Gasteiger partial charge in [-0.1, -0.05) is 0 Å². The molecule has 1 fully saturated rings. The summed E-state index contributed by atoms with van der Waals surface area (Å²) in [6.07, 6.45) is 2.04. The van der Waals surface area contributed by atoms with Crippen molar-refractivity contribution in [1.82, 2.24) is 20.3 Å². The number of nitrogen functional groups attached to an aromatic ring is 1. The highest BCUT2D eigenvalue weighted by Gasteiger charge is 2.22. The molecule has 8 heteroatoms. The summed E-state index contributed by atoms with van der Waals surface area (Å²) in [5.41, 5.74) is 7.44. The van der Waals surface area contributed by atoms with Crippen LogP contribution < -0.4 is 16.0 Å². The van der Waals surface area contributed by atoms with Crippen LogP contribution in [-0.4, -0.2) is 40.5 Å². The van der Waals surface area contributed by atoms with Crippen LogP contribution in [0.25, 0.3) is 0 Å². The Bertz CT molecular complexity index is 746. The van der Waals surface area contributed by atoms with E-state index in [0.29, 0.717) is 18.4 Å². The lowest BCUT2D eigenvalue weighted by Gasteiger charge is -2.33. The lowest BCUT2D eigenvalue weighted by atomic mass is 9.96. The third kappa shape index (κ3) is 4.25. The Kier molecular flexibility index (Phi) is 5.17. The molecule has 0 spiro atoms. The van der Waals surface area contributed by atoms with E-state index in [-0.39, 0.29) is 5.91 Å². The minimum Gasteiger partial charge on any atom is -0.368 e. The molecule has 1 amide bonds. The molecular weight excluding hydrogens is 336 g/mol. The van der Waals surface area contributed by atoms with Gasteiger partial charge in [-0.2, -0.15) is 4.98 Å². The van der Waals surface area contributed by atoms with E-state index < -0.39 is 0 Å². The number of aromatic nitrogens is 3. The number of carbonyl (C=O) groups is 1. The summed E-state index contributed by atoms with van der Waals surface area (Å²) in [6, 6.07) is 1.97. The smallest absolute Gasteiger partial charge is 0.263 e. The minimum absolute atomic E-state index is 0.00951. The minimum atomic E-state index is -0.00951. The lowest BCUT2D eigenvalue weighted by Crippen LogP contribution is -2.39. The number of hydrogen-bond acceptors (Lipinski definition) is 7. The molecule has 0 unspecified atom stereocenters. The fourth-order valence-corrected chi connectivity index (χ4v) is 4.00. The predicted octanol–water partition coefficient (Wildman–Crippen LogP) is 2.09. The van der Waals surface area contributed by atoms with Crippen molar-refractivity contribution in [3.8, 4) is 0 Å². The molecule has 1 aliphatic rings. The van der Waals surface area contributed by atoms with Gasteiger partial charge in [0.1, 0.15) is 10.7 Å². The highest BCUT2D eigenvalue weighted by molar-refractivity contribution is 7.13. The van der Waals surface area contributed by atoms with Crippen molar-refractivity contribution in [3.05, 3.63) is 27.3 Å². The standard InChI is InChI=1S/C17H24N6OS/c1-10-8-14(22-17(18)20-10)23-6-4-13(5-7-23)9-19-16(24)15-11(2)21-12(3)25-15/h8,13H,4-7,9H2,1-3H3,(H,19,24)(H2,18,20,22). The summed E-state index contributed by atoms with van der Waals surface area (Å²) in [5.74, 6) is 1.68. The Morgan fingerprint density at radius 3 is 2.60 bits per heavy atom. The number of piperidine rings is 1. The monoisotopic (exact) mass is 360 g/mol. The molecule has 1 aliphatic heterocycles. The zero-order valence-corrected chi connectivity index (χ0v) is 15.7. The molecule has 7 nitrogen and oxygen atoms in total. The van der Waals surface area contributed by atoms with Gasteiger partial charge in [0.15, 0.2) is 0 Å². The first-order valence-corrected chi connectivity index (χ1v) is 9.32. The third-order valence-electron chi connectivity index (χ3n) is 4.46. The second kappa shape index (κ2) is 7.35. The van der Waals surface area contributed by atoms with Gasteiger partial charge in [-0.05, 0) is 39.5 Å². The highest BCUT2D eigenvalue weighted by atomic mass is 32.1. The zero-order valence-electron chi connectivity index (χ0n) is 14.9. The van der Waals surface area contributed by atoms with Crippen LogP contribution in [0, 0.1) is 26.7 Å². The summed E-state index contributed by atoms with van der Waals surface area (Å²) >= 11 is 1.45. The molecule has 3 heterocycles. The largest absolute Gasteiger partial charge is 0.368 e. The maximum Gasteiger partial charge on any atom is 0.263 e. The number of aryl methyl sites for hydroxylation is 3. The molecule has 0 atom stereocenters. The number of thiazole rings is 1. The maximum atomic E-state index is 12.3. The van der Waals surface area contributed by atoms with Gasteiger partial charge in [-0.3, -0.25) is 4.79 Å². The van der Waals surface area contributed by atoms with Crippen LogP contribution in [0.4, 0.5) is 11.8 Å². The van der Waals surface area contributed by atoms with Gasteiger partial charge in [0.2, 0.25) is 5.95 Å². The summed E-state index contributed by atoms with van der Waals surface area (Å²) in [7, 11) is 0. The number of anilines is 2. The average Bonchev–Trinajstić information content (AvgIpc) is 2.91. The van der Waals surface area contributed by atoms with E-state index in [9.17, 15) is 4.79 Å². The summed E-state index contributed by atoms with van der Waals surface area (Å²) in [6.45, 7) is 8.25. The van der Waals surface area contributed by atoms with Crippen LogP contribution in [-0.2, 0) is 0 Å². The van der Waals surface area contributed by atoms with Crippen molar-refractivity contribution in [2.45, 2.75) is 33.6 Å². The molecular formula is C17H24N6OS. The van der Waals surface area contributed by atoms with Gasteiger partial charge in [-0.25, -0.2) is 9.97 Å². The molecule has 134 valence electrons. The normalized spacial score (nSPS) is 15.4. The Morgan fingerprint density at radius 2 is 2.00 bits per heavy atom. The maximum absolute atomic E-state index is 12.3. The summed E-state index contributed by atoms with van der Waals surface area (Å²) in [4.78, 5) is 28.0. The van der Waals surface area contributed by atoms with Crippen LogP contribution in [0.15, 0.2) is 6.07 Å². The first kappa shape index (κ1) is 17.6. The molecule has 0 saturated carbocycles. The van der Waals surface area contributed by atoms with Crippen LogP contribution in [0.2, 0.25) is 0 Å². The number of hydrogen-bond donors (Lipinski definition) is 2. The molecule has 0 bridgehead atoms. The third-order valence-corrected chi connectivity index (χ3v) is 5.53. The Labute approximate surface area is 151 Å². The van der Waals surface area contributed by atoms with Crippen molar-refractivity contribution in [2.24, 2.45) is 5.92 Å². The fraction of sp³-hybridized carbons (Fsp3) is 0.529. The number of rotatable bonds is 4. The van der Waals surface area contributed by atoms with Gasteiger partial charge in [0.25, 0.3) is 5.91 Å². The number of amides is 1. The highest BCUT2D eigenvalue weighted by Crippen LogP contribution is 2.23. The molecule has 3 N–H and O–H groups in total. The van der Waals surface area contributed by atoms with Crippen LogP contribution in [0.5, 0.6) is 0 Å². The van der Waals surface area contributed by atoms with Crippen LogP contribution in [0.1, 0.15) is 38.9 Å². The van der Waals surface area contributed by atoms with Crippen molar-refractivity contribution < 1.29 is 4.79 Å². The van der Waals surface area contributed by atoms with Crippen LogP contribution in [0.3, 0.4) is 0 Å². The second-order valence-electron chi connectivity index (χ2n) is 6.51. The van der Waals surface area contributed by atoms with E-state index in [0.717, 1.165) is 53.0 Å². The van der Waals surface area contributed by atoms with Gasteiger partial charge in [0, 0.05) is 31.4 Å². The Balaban J connectivity index is 1.51. The SMILES string of the molecule is Cc1cc(N2CCC(CNC(=O)c3sc(C)nc3C)CC2)nc(N)n1. The topological polar surface area (TPSA) is 97.0 Å². The number of nitrogens with one attached hydrogen (secondary N) is 1. The number of nitrogens with two attached hydrogens (primary N) is 1. The van der Waals surface area contributed by atoms with Gasteiger partial charge in [0.05, 0.1) is 10.7 Å². The van der Waals surface area contributed by atoms with Gasteiger partial charge >= 0.3 is 0 Å². The first-order valence-electron chi connectivity index (χ1n) is 8.50. The fourth-order valence-electron chi connectivity index (χ4n) is 3.16. The van der Waals surface area contributed by atoms with Gasteiger partial charge in [-0.15, -0.1) is 11.3 Å². The molecule has 0 aromatic carbocycles. The van der Waals surface area contributed by atoms with Crippen molar-refractivity contribution in [2.75, 3.05) is 30.3 Å². The summed E-state index contributed by atoms with van der Waals surface area (Å²) in [5, 5.41) is 3.99. The average molecular weight is 360 g/mol. The first-order chi connectivity index (χ1) is 11.9. The van der Waals surface area contributed by atoms with E-state index in [1.165, 1.54) is 11.3 Å².